The maximum atomic E-state index is 11.9. The molecular weight excluding hydrogens is 486 g/mol. The first-order valence-corrected chi connectivity index (χ1v) is 10.8. The van der Waals surface area contributed by atoms with E-state index in [2.05, 4.69) is 5.32 Å². The summed E-state index contributed by atoms with van der Waals surface area (Å²) in [5.41, 5.74) is 0. The third-order valence-electron chi connectivity index (χ3n) is 4.52. The van der Waals surface area contributed by atoms with Crippen molar-refractivity contribution < 1.29 is 52.3 Å². The molecular formula is C22H27NO11S. The van der Waals surface area contributed by atoms with Gasteiger partial charge in [0, 0.05) is 27.7 Å². The highest BCUT2D eigenvalue weighted by atomic mass is 32.1. The summed E-state index contributed by atoms with van der Waals surface area (Å²) in [7, 11) is 1.52. The second-order valence-corrected chi connectivity index (χ2v) is 7.70. The normalized spacial score (nSPS) is 23.3. The van der Waals surface area contributed by atoms with E-state index in [1.165, 1.54) is 14.0 Å². The molecule has 1 saturated heterocycles. The van der Waals surface area contributed by atoms with Gasteiger partial charge in [0.15, 0.2) is 24.5 Å². The van der Waals surface area contributed by atoms with Gasteiger partial charge in [-0.15, -0.1) is 0 Å². The van der Waals surface area contributed by atoms with Crippen LogP contribution in [0.4, 0.5) is 0 Å². The van der Waals surface area contributed by atoms with Gasteiger partial charge in [0.1, 0.15) is 24.2 Å². The highest BCUT2D eigenvalue weighted by Crippen LogP contribution is 2.28. The number of rotatable bonds is 8. The van der Waals surface area contributed by atoms with Crippen molar-refractivity contribution in [2.24, 2.45) is 0 Å². The first kappa shape index (κ1) is 27.8. The summed E-state index contributed by atoms with van der Waals surface area (Å²) < 4.78 is 37.6. The zero-order valence-corrected chi connectivity index (χ0v) is 20.6. The number of methoxy groups -OCH3 is 1. The summed E-state index contributed by atoms with van der Waals surface area (Å²) in [4.78, 5) is 46.9. The number of nitrogens with one attached hydrogen (secondary N) is 1. The molecule has 1 aromatic carbocycles. The molecule has 5 atom stereocenters. The van der Waals surface area contributed by atoms with Gasteiger partial charge in [-0.05, 0) is 36.5 Å². The SMILES string of the molecule is COc1ccc(OC(=S)N[C@@H]2O[C@@H](COC(C)=O)[C@H](OC(C)=O)[C@H](OC(C)=O)[C@@H]2OC(C)=O)cc1. The van der Waals surface area contributed by atoms with Crippen LogP contribution in [-0.4, -0.2) is 73.4 Å². The Morgan fingerprint density at radius 2 is 1.34 bits per heavy atom. The minimum atomic E-state index is -1.32. The average molecular weight is 514 g/mol. The van der Waals surface area contributed by atoms with Crippen LogP contribution in [0.25, 0.3) is 0 Å². The Balaban J connectivity index is 2.33. The van der Waals surface area contributed by atoms with E-state index in [9.17, 15) is 19.2 Å². The molecule has 12 nitrogen and oxygen atoms in total. The molecule has 35 heavy (non-hydrogen) atoms. The first-order valence-electron chi connectivity index (χ1n) is 10.4. The molecule has 1 aliphatic rings. The van der Waals surface area contributed by atoms with Crippen molar-refractivity contribution in [1.82, 2.24) is 5.32 Å². The minimum absolute atomic E-state index is 0.170. The van der Waals surface area contributed by atoms with Gasteiger partial charge >= 0.3 is 23.9 Å². The van der Waals surface area contributed by atoms with E-state index < -0.39 is 54.5 Å². The predicted molar refractivity (Wildman–Crippen MR) is 121 cm³/mol. The van der Waals surface area contributed by atoms with Gasteiger partial charge in [-0.3, -0.25) is 19.2 Å². The summed E-state index contributed by atoms with van der Waals surface area (Å²) in [6.45, 7) is 4.23. The zero-order valence-electron chi connectivity index (χ0n) is 19.8. The largest absolute Gasteiger partial charge is 0.497 e. The number of carbonyl (C=O) groups excluding carboxylic acids is 4. The van der Waals surface area contributed by atoms with Crippen LogP contribution in [0.5, 0.6) is 11.5 Å². The lowest BCUT2D eigenvalue weighted by Crippen LogP contribution is -2.66. The molecule has 0 aliphatic carbocycles. The number of ether oxygens (including phenoxy) is 7. The lowest BCUT2D eigenvalue weighted by molar-refractivity contribution is -0.255. The van der Waals surface area contributed by atoms with E-state index in [0.29, 0.717) is 11.5 Å². The van der Waals surface area contributed by atoms with Crippen LogP contribution in [-0.2, 0) is 42.9 Å². The molecule has 0 saturated carbocycles. The fourth-order valence-electron chi connectivity index (χ4n) is 3.24. The monoisotopic (exact) mass is 513 g/mol. The van der Waals surface area contributed by atoms with Crippen molar-refractivity contribution in [3.05, 3.63) is 24.3 Å². The second kappa shape index (κ2) is 12.9. The molecule has 0 unspecified atom stereocenters. The van der Waals surface area contributed by atoms with Gasteiger partial charge in [0.05, 0.1) is 7.11 Å². The molecule has 1 aromatic rings. The average Bonchev–Trinajstić information content (AvgIpc) is 2.76. The van der Waals surface area contributed by atoms with Crippen molar-refractivity contribution in [2.75, 3.05) is 13.7 Å². The summed E-state index contributed by atoms with van der Waals surface area (Å²) in [5, 5.41) is 2.58. The number of carbonyl (C=O) groups is 4. The third-order valence-corrected chi connectivity index (χ3v) is 4.72. The van der Waals surface area contributed by atoms with Crippen LogP contribution < -0.4 is 14.8 Å². The first-order chi connectivity index (χ1) is 16.5. The summed E-state index contributed by atoms with van der Waals surface area (Å²) >= 11 is 5.25. The molecule has 1 fully saturated rings. The van der Waals surface area contributed by atoms with Gasteiger partial charge < -0.3 is 38.5 Å². The van der Waals surface area contributed by atoms with E-state index >= 15 is 0 Å². The molecule has 192 valence electrons. The molecule has 0 spiro atoms. The van der Waals surface area contributed by atoms with E-state index in [-0.39, 0.29) is 11.8 Å². The molecule has 0 aromatic heterocycles. The van der Waals surface area contributed by atoms with Crippen molar-refractivity contribution >= 4 is 41.3 Å². The maximum Gasteiger partial charge on any atom is 0.303 e. The van der Waals surface area contributed by atoms with Crippen LogP contribution in [0.1, 0.15) is 27.7 Å². The molecule has 0 radical (unpaired) electrons. The fourth-order valence-corrected chi connectivity index (χ4v) is 3.45. The summed E-state index contributed by atoms with van der Waals surface area (Å²) in [6.07, 6.45) is -6.25. The highest BCUT2D eigenvalue weighted by molar-refractivity contribution is 7.80. The van der Waals surface area contributed by atoms with Gasteiger partial charge in [0.2, 0.25) is 0 Å². The van der Waals surface area contributed by atoms with E-state index in [4.69, 9.17) is 45.4 Å². The molecule has 13 heteroatoms. The van der Waals surface area contributed by atoms with Crippen molar-refractivity contribution in [2.45, 2.75) is 58.3 Å². The molecule has 1 heterocycles. The number of benzene rings is 1. The lowest BCUT2D eigenvalue weighted by Gasteiger charge is -2.44. The molecule has 0 amide bonds. The van der Waals surface area contributed by atoms with Crippen LogP contribution in [0.3, 0.4) is 0 Å². The number of hydrogen-bond donors (Lipinski definition) is 1. The Labute approximate surface area is 207 Å². The lowest BCUT2D eigenvalue weighted by atomic mass is 9.97. The molecule has 1 aliphatic heterocycles. The highest BCUT2D eigenvalue weighted by Gasteiger charge is 2.52. The number of thiocarbonyl (C=S) groups is 1. The standard InChI is InChI=1S/C22H27NO11S/c1-11(24)29-10-17-18(30-12(2)25)19(31-13(3)26)20(32-14(4)27)21(34-17)23-22(35)33-16-8-6-15(28-5)7-9-16/h6-9,17-21H,10H2,1-5H3,(H,23,35)/t17-,18-,19-,20-,21+/m0/s1. The Kier molecular flexibility index (Phi) is 10.2. The molecule has 2 rings (SSSR count). The van der Waals surface area contributed by atoms with Crippen molar-refractivity contribution in [3.63, 3.8) is 0 Å². The van der Waals surface area contributed by atoms with Gasteiger partial charge in [0.25, 0.3) is 5.17 Å². The van der Waals surface area contributed by atoms with Crippen LogP contribution in [0.15, 0.2) is 24.3 Å². The number of hydrogen-bond acceptors (Lipinski definition) is 12. The number of esters is 4. The smallest absolute Gasteiger partial charge is 0.303 e. The van der Waals surface area contributed by atoms with Gasteiger partial charge in [-0.2, -0.15) is 0 Å². The van der Waals surface area contributed by atoms with Crippen molar-refractivity contribution in [3.8, 4) is 11.5 Å². The quantitative estimate of drug-likeness (QED) is 0.300. The van der Waals surface area contributed by atoms with E-state index in [1.807, 2.05) is 0 Å². The van der Waals surface area contributed by atoms with Crippen LogP contribution in [0.2, 0.25) is 0 Å². The maximum absolute atomic E-state index is 11.9. The van der Waals surface area contributed by atoms with E-state index in [1.54, 1.807) is 24.3 Å². The van der Waals surface area contributed by atoms with Gasteiger partial charge in [-0.25, -0.2) is 0 Å². The zero-order chi connectivity index (χ0) is 26.1. The Morgan fingerprint density at radius 1 is 0.829 bits per heavy atom. The fraction of sp³-hybridized carbons (Fsp3) is 0.500. The predicted octanol–water partition coefficient (Wildman–Crippen LogP) is 1.03. The Hall–Kier alpha value is -3.45. The third kappa shape index (κ3) is 8.68. The minimum Gasteiger partial charge on any atom is -0.497 e. The second-order valence-electron chi connectivity index (χ2n) is 7.33. The van der Waals surface area contributed by atoms with E-state index in [0.717, 1.165) is 20.8 Å². The van der Waals surface area contributed by atoms with Gasteiger partial charge in [-0.1, -0.05) is 0 Å². The Bertz CT molecular complexity index is 936. The van der Waals surface area contributed by atoms with Crippen LogP contribution >= 0.6 is 12.2 Å². The molecule has 0 bridgehead atoms. The van der Waals surface area contributed by atoms with Crippen molar-refractivity contribution in [1.29, 1.82) is 0 Å². The summed E-state index contributed by atoms with van der Waals surface area (Å²) in [6, 6.07) is 6.54. The Morgan fingerprint density at radius 3 is 1.86 bits per heavy atom. The molecule has 1 N–H and O–H groups in total. The topological polar surface area (TPSA) is 145 Å². The van der Waals surface area contributed by atoms with Crippen LogP contribution in [0, 0.1) is 0 Å². The summed E-state index contributed by atoms with van der Waals surface area (Å²) in [5.74, 6) is -1.85.